The zero-order chi connectivity index (χ0) is 18.1. The van der Waals surface area contributed by atoms with Crippen molar-refractivity contribution in [1.29, 1.82) is 0 Å². The fraction of sp³-hybridized carbons (Fsp3) is 0.167. The number of aromatic nitrogens is 5. The van der Waals surface area contributed by atoms with E-state index in [4.69, 9.17) is 4.52 Å². The van der Waals surface area contributed by atoms with Crippen LogP contribution in [0, 0.1) is 6.92 Å². The zero-order valence-electron chi connectivity index (χ0n) is 14.2. The van der Waals surface area contributed by atoms with Gasteiger partial charge in [-0.05, 0) is 38.1 Å². The Morgan fingerprint density at radius 1 is 1.15 bits per heavy atom. The predicted molar refractivity (Wildman–Crippen MR) is 93.3 cm³/mol. The maximum atomic E-state index is 12.5. The van der Waals surface area contributed by atoms with Crippen molar-refractivity contribution in [2.24, 2.45) is 0 Å². The molecule has 0 aliphatic heterocycles. The first-order valence-electron chi connectivity index (χ1n) is 8.10. The van der Waals surface area contributed by atoms with Crippen molar-refractivity contribution in [3.8, 4) is 11.4 Å². The van der Waals surface area contributed by atoms with Crippen molar-refractivity contribution >= 4 is 11.6 Å². The average molecular weight is 348 g/mol. The largest absolute Gasteiger partial charge is 0.340 e. The number of carbonyl (C=O) groups is 1. The number of fused-ring (bicyclic) bond motifs is 1. The molecule has 0 saturated heterocycles. The lowest BCUT2D eigenvalue weighted by atomic mass is 10.2. The summed E-state index contributed by atoms with van der Waals surface area (Å²) in [6, 6.07) is 6.70. The number of pyridine rings is 2. The van der Waals surface area contributed by atoms with E-state index in [9.17, 15) is 4.79 Å². The second kappa shape index (κ2) is 6.40. The Kier molecular flexibility index (Phi) is 3.92. The fourth-order valence-corrected chi connectivity index (χ4v) is 2.62. The number of rotatable bonds is 4. The van der Waals surface area contributed by atoms with Crippen LogP contribution in [0.5, 0.6) is 0 Å². The number of hydrogen-bond acceptors (Lipinski definition) is 6. The molecule has 130 valence electrons. The van der Waals surface area contributed by atoms with Crippen molar-refractivity contribution < 1.29 is 9.32 Å². The highest BCUT2D eigenvalue weighted by Gasteiger charge is 2.18. The van der Waals surface area contributed by atoms with E-state index in [2.05, 4.69) is 25.4 Å². The Bertz CT molecular complexity index is 1070. The summed E-state index contributed by atoms with van der Waals surface area (Å²) in [5.41, 5.74) is 3.02. The van der Waals surface area contributed by atoms with E-state index < -0.39 is 6.04 Å². The van der Waals surface area contributed by atoms with Gasteiger partial charge in [0.05, 0.1) is 11.3 Å². The van der Waals surface area contributed by atoms with Gasteiger partial charge in [-0.2, -0.15) is 4.98 Å². The molecular weight excluding hydrogens is 332 g/mol. The molecule has 0 saturated carbocycles. The molecule has 0 aliphatic carbocycles. The average Bonchev–Trinajstić information content (AvgIpc) is 3.27. The molecule has 8 heteroatoms. The highest BCUT2D eigenvalue weighted by molar-refractivity contribution is 5.94. The van der Waals surface area contributed by atoms with Gasteiger partial charge in [-0.15, -0.1) is 0 Å². The first-order valence-corrected chi connectivity index (χ1v) is 8.10. The van der Waals surface area contributed by atoms with Gasteiger partial charge in [0.15, 0.2) is 0 Å². The SMILES string of the molecule is Cc1cn2cc(C(=O)N[C@H](C)c3nc(-c4ccncc4)no3)ccc2n1. The third kappa shape index (κ3) is 3.04. The maximum absolute atomic E-state index is 12.5. The highest BCUT2D eigenvalue weighted by Crippen LogP contribution is 2.18. The Balaban J connectivity index is 1.51. The van der Waals surface area contributed by atoms with Crippen LogP contribution in [0.2, 0.25) is 0 Å². The van der Waals surface area contributed by atoms with E-state index >= 15 is 0 Å². The molecule has 1 atom stereocenters. The summed E-state index contributed by atoms with van der Waals surface area (Å²) in [5, 5.41) is 6.82. The van der Waals surface area contributed by atoms with E-state index in [1.807, 2.05) is 17.5 Å². The second-order valence-corrected chi connectivity index (χ2v) is 5.95. The van der Waals surface area contributed by atoms with Gasteiger partial charge in [-0.25, -0.2) is 4.98 Å². The minimum atomic E-state index is -0.425. The standard InChI is InChI=1S/C18H16N6O2/c1-11-9-24-10-14(3-4-15(24)20-11)17(25)21-12(2)18-22-16(23-26-18)13-5-7-19-8-6-13/h3-10,12H,1-2H3,(H,21,25)/t12-/m1/s1. The predicted octanol–water partition coefficient (Wildman–Crippen LogP) is 2.58. The summed E-state index contributed by atoms with van der Waals surface area (Å²) in [6.45, 7) is 3.70. The van der Waals surface area contributed by atoms with Gasteiger partial charge < -0.3 is 14.2 Å². The third-order valence-electron chi connectivity index (χ3n) is 3.93. The van der Waals surface area contributed by atoms with E-state index in [-0.39, 0.29) is 5.91 Å². The number of aryl methyl sites for hydroxylation is 1. The molecule has 1 N–H and O–H groups in total. The Labute approximate surface area is 148 Å². The molecule has 0 bridgehead atoms. The molecule has 0 radical (unpaired) electrons. The number of nitrogens with zero attached hydrogens (tertiary/aromatic N) is 5. The van der Waals surface area contributed by atoms with Crippen LogP contribution in [0.3, 0.4) is 0 Å². The van der Waals surface area contributed by atoms with Crippen LogP contribution >= 0.6 is 0 Å². The fourth-order valence-electron chi connectivity index (χ4n) is 2.62. The van der Waals surface area contributed by atoms with Crippen LogP contribution in [-0.4, -0.2) is 30.4 Å². The third-order valence-corrected chi connectivity index (χ3v) is 3.93. The molecule has 4 rings (SSSR count). The number of nitrogens with one attached hydrogen (secondary N) is 1. The Morgan fingerprint density at radius 2 is 1.96 bits per heavy atom. The molecule has 0 unspecified atom stereocenters. The lowest BCUT2D eigenvalue weighted by Gasteiger charge is -2.09. The molecular formula is C18H16N6O2. The zero-order valence-corrected chi connectivity index (χ0v) is 14.2. The first kappa shape index (κ1) is 15.9. The van der Waals surface area contributed by atoms with Crippen molar-refractivity contribution in [3.05, 3.63) is 66.2 Å². The van der Waals surface area contributed by atoms with Crippen molar-refractivity contribution in [1.82, 2.24) is 29.8 Å². The molecule has 0 spiro atoms. The van der Waals surface area contributed by atoms with Crippen molar-refractivity contribution in [2.45, 2.75) is 19.9 Å². The van der Waals surface area contributed by atoms with E-state index in [1.165, 1.54) is 0 Å². The minimum absolute atomic E-state index is 0.227. The Hall–Kier alpha value is -3.55. The maximum Gasteiger partial charge on any atom is 0.253 e. The van der Waals surface area contributed by atoms with Crippen LogP contribution in [-0.2, 0) is 0 Å². The quantitative estimate of drug-likeness (QED) is 0.609. The topological polar surface area (TPSA) is 98.2 Å². The lowest BCUT2D eigenvalue weighted by molar-refractivity contribution is 0.0932. The van der Waals surface area contributed by atoms with Crippen molar-refractivity contribution in [2.75, 3.05) is 0 Å². The van der Waals surface area contributed by atoms with Crippen LogP contribution < -0.4 is 5.32 Å². The van der Waals surface area contributed by atoms with E-state index in [1.54, 1.807) is 49.8 Å². The summed E-state index contributed by atoms with van der Waals surface area (Å²) < 4.78 is 7.10. The molecule has 4 aromatic heterocycles. The second-order valence-electron chi connectivity index (χ2n) is 5.95. The molecule has 4 aromatic rings. The van der Waals surface area contributed by atoms with Crippen molar-refractivity contribution in [3.63, 3.8) is 0 Å². The smallest absolute Gasteiger partial charge is 0.253 e. The van der Waals surface area contributed by atoms with Gasteiger partial charge in [-0.3, -0.25) is 9.78 Å². The number of amides is 1. The molecule has 0 aliphatic rings. The minimum Gasteiger partial charge on any atom is -0.340 e. The molecule has 8 nitrogen and oxygen atoms in total. The molecule has 1 amide bonds. The van der Waals surface area contributed by atoms with Gasteiger partial charge in [0.2, 0.25) is 11.7 Å². The van der Waals surface area contributed by atoms with E-state index in [0.717, 1.165) is 16.9 Å². The number of carbonyl (C=O) groups excluding carboxylic acids is 1. The molecule has 4 heterocycles. The van der Waals surface area contributed by atoms with Gasteiger partial charge in [0.25, 0.3) is 5.91 Å². The molecule has 0 fully saturated rings. The van der Waals surface area contributed by atoms with Crippen LogP contribution in [0.25, 0.3) is 17.0 Å². The highest BCUT2D eigenvalue weighted by atomic mass is 16.5. The summed E-state index contributed by atoms with van der Waals surface area (Å²) in [6.07, 6.45) is 6.93. The summed E-state index contributed by atoms with van der Waals surface area (Å²) >= 11 is 0. The lowest BCUT2D eigenvalue weighted by Crippen LogP contribution is -2.27. The number of imidazole rings is 1. The Morgan fingerprint density at radius 3 is 2.77 bits per heavy atom. The van der Waals surface area contributed by atoms with Gasteiger partial charge in [-0.1, -0.05) is 5.16 Å². The van der Waals surface area contributed by atoms with E-state index in [0.29, 0.717) is 17.3 Å². The summed E-state index contributed by atoms with van der Waals surface area (Å²) in [5.74, 6) is 0.568. The summed E-state index contributed by atoms with van der Waals surface area (Å²) in [7, 11) is 0. The van der Waals surface area contributed by atoms with Gasteiger partial charge in [0, 0.05) is 30.4 Å². The van der Waals surface area contributed by atoms with Gasteiger partial charge in [0.1, 0.15) is 11.7 Å². The summed E-state index contributed by atoms with van der Waals surface area (Å²) in [4.78, 5) is 25.2. The normalized spacial score (nSPS) is 12.2. The van der Waals surface area contributed by atoms with Gasteiger partial charge >= 0.3 is 0 Å². The van der Waals surface area contributed by atoms with Crippen LogP contribution in [0.15, 0.2) is 53.6 Å². The van der Waals surface area contributed by atoms with Crippen LogP contribution in [0.4, 0.5) is 0 Å². The first-order chi connectivity index (χ1) is 12.6. The number of hydrogen-bond donors (Lipinski definition) is 1. The van der Waals surface area contributed by atoms with Crippen LogP contribution in [0.1, 0.15) is 34.9 Å². The molecule has 0 aromatic carbocycles. The molecule has 26 heavy (non-hydrogen) atoms. The monoisotopic (exact) mass is 348 g/mol.